The van der Waals surface area contributed by atoms with Crippen LogP contribution in [0.4, 0.5) is 10.8 Å². The highest BCUT2D eigenvalue weighted by molar-refractivity contribution is 7.14. The fraction of sp³-hybridized carbons (Fsp3) is 0.286. The van der Waals surface area contributed by atoms with Crippen molar-refractivity contribution in [3.8, 4) is 0 Å². The number of aliphatic imine (C=N–C) groups is 1. The van der Waals surface area contributed by atoms with Crippen LogP contribution in [0.5, 0.6) is 0 Å². The largest absolute Gasteiger partial charge is 0.406 e. The Kier molecular flexibility index (Phi) is 5.12. The number of carbonyl (C=O) groups excluding carboxylic acids is 1. The van der Waals surface area contributed by atoms with E-state index < -0.39 is 4.92 Å². The highest BCUT2D eigenvalue weighted by Gasteiger charge is 2.21. The van der Waals surface area contributed by atoms with Gasteiger partial charge >= 0.3 is 5.13 Å². The smallest absolute Gasteiger partial charge is 0.348 e. The molecule has 2 aromatic rings. The zero-order chi connectivity index (χ0) is 17.0. The van der Waals surface area contributed by atoms with Crippen molar-refractivity contribution in [3.63, 3.8) is 0 Å². The molecule has 0 aliphatic heterocycles. The quantitative estimate of drug-likeness (QED) is 0.200. The molecular weight excluding hydrogens is 318 g/mol. The number of carbonyl (C=O) groups is 1. The Morgan fingerprint density at radius 1 is 1.52 bits per heavy atom. The Labute approximate surface area is 136 Å². The fourth-order valence-electron chi connectivity index (χ4n) is 1.80. The molecule has 0 fully saturated rings. The maximum absolute atomic E-state index is 12.3. The topological polar surface area (TPSA) is 92.6 Å². The van der Waals surface area contributed by atoms with Crippen LogP contribution in [0.1, 0.15) is 15.4 Å². The summed E-state index contributed by atoms with van der Waals surface area (Å²) in [7, 11) is 3.69. The maximum atomic E-state index is 12.3. The van der Waals surface area contributed by atoms with Gasteiger partial charge in [0.15, 0.2) is 6.54 Å². The number of ketones is 1. The molecule has 1 aromatic heterocycles. The number of Topliss-reactive ketones (excluding diaryl/α,β-unsaturated/α-hetero) is 1. The number of rotatable bonds is 6. The van der Waals surface area contributed by atoms with Crippen molar-refractivity contribution in [2.45, 2.75) is 13.5 Å². The molecule has 1 heterocycles. The van der Waals surface area contributed by atoms with Crippen LogP contribution in [-0.2, 0) is 6.54 Å². The van der Waals surface area contributed by atoms with Crippen molar-refractivity contribution in [1.29, 1.82) is 0 Å². The van der Waals surface area contributed by atoms with Gasteiger partial charge in [0.25, 0.3) is 5.69 Å². The fourth-order valence-corrected chi connectivity index (χ4v) is 2.51. The normalized spacial score (nSPS) is 10.9. The van der Waals surface area contributed by atoms with Gasteiger partial charge in [-0.2, -0.15) is 0 Å². The van der Waals surface area contributed by atoms with E-state index in [0.29, 0.717) is 5.13 Å². The molecule has 8 nitrogen and oxygen atoms in total. The van der Waals surface area contributed by atoms with Crippen LogP contribution in [-0.4, -0.2) is 41.1 Å². The molecule has 0 aliphatic rings. The highest BCUT2D eigenvalue weighted by Crippen LogP contribution is 2.17. The molecule has 0 spiro atoms. The van der Waals surface area contributed by atoms with Crippen LogP contribution in [0.25, 0.3) is 0 Å². The molecule has 0 saturated carbocycles. The second kappa shape index (κ2) is 7.05. The minimum Gasteiger partial charge on any atom is -0.348 e. The number of hydrogen-bond acceptors (Lipinski definition) is 6. The van der Waals surface area contributed by atoms with Crippen LogP contribution in [0.3, 0.4) is 0 Å². The zero-order valence-electron chi connectivity index (χ0n) is 13.0. The molecule has 0 aliphatic carbocycles. The minimum absolute atomic E-state index is 0.0222. The molecule has 9 heteroatoms. The van der Waals surface area contributed by atoms with E-state index in [9.17, 15) is 14.9 Å². The zero-order valence-corrected chi connectivity index (χ0v) is 13.8. The molecule has 0 N–H and O–H groups in total. The first-order chi connectivity index (χ1) is 10.9. The summed E-state index contributed by atoms with van der Waals surface area (Å²) >= 11 is 1.37. The lowest BCUT2D eigenvalue weighted by Gasteiger charge is -1.99. The molecule has 0 unspecified atom stereocenters. The SMILES string of the molecule is Cc1n[n+](CC(=O)c2cccc([N+](=O)[O-])c2)c(N=CN(C)C)s1. The van der Waals surface area contributed by atoms with Crippen LogP contribution >= 0.6 is 11.3 Å². The Morgan fingerprint density at radius 2 is 2.26 bits per heavy atom. The summed E-state index contributed by atoms with van der Waals surface area (Å²) in [5, 5.41) is 16.4. The molecule has 0 amide bonds. The van der Waals surface area contributed by atoms with Crippen molar-refractivity contribution < 1.29 is 14.4 Å². The number of benzene rings is 1. The van der Waals surface area contributed by atoms with E-state index in [1.807, 2.05) is 21.0 Å². The van der Waals surface area contributed by atoms with Gasteiger partial charge in [-0.1, -0.05) is 17.2 Å². The predicted molar refractivity (Wildman–Crippen MR) is 86.3 cm³/mol. The summed E-state index contributed by atoms with van der Waals surface area (Å²) in [6.07, 6.45) is 1.63. The summed E-state index contributed by atoms with van der Waals surface area (Å²) in [6.45, 7) is 1.80. The van der Waals surface area contributed by atoms with E-state index in [1.54, 1.807) is 17.3 Å². The number of aryl methyl sites for hydroxylation is 1. The van der Waals surface area contributed by atoms with Gasteiger partial charge in [-0.25, -0.2) is 0 Å². The monoisotopic (exact) mass is 334 g/mol. The summed E-state index contributed by atoms with van der Waals surface area (Å²) in [4.78, 5) is 28.7. The van der Waals surface area contributed by atoms with Gasteiger partial charge in [-0.15, -0.1) is 4.68 Å². The average molecular weight is 334 g/mol. The van der Waals surface area contributed by atoms with Crippen molar-refractivity contribution in [1.82, 2.24) is 10.00 Å². The molecule has 0 bridgehead atoms. The van der Waals surface area contributed by atoms with E-state index in [-0.39, 0.29) is 23.6 Å². The molecule has 120 valence electrons. The van der Waals surface area contributed by atoms with Gasteiger partial charge in [0.05, 0.1) is 4.92 Å². The Morgan fingerprint density at radius 3 is 2.91 bits per heavy atom. The summed E-state index contributed by atoms with van der Waals surface area (Å²) in [5.74, 6) is -0.259. The Bertz CT molecular complexity index is 770. The van der Waals surface area contributed by atoms with Crippen LogP contribution in [0.2, 0.25) is 0 Å². The van der Waals surface area contributed by atoms with Crippen molar-refractivity contribution in [2.75, 3.05) is 14.1 Å². The lowest BCUT2D eigenvalue weighted by molar-refractivity contribution is -0.724. The van der Waals surface area contributed by atoms with E-state index in [0.717, 1.165) is 5.01 Å². The molecule has 0 saturated heterocycles. The number of nitro groups is 1. The van der Waals surface area contributed by atoms with Gasteiger partial charge in [-0.3, -0.25) is 14.9 Å². The van der Waals surface area contributed by atoms with Gasteiger partial charge < -0.3 is 4.90 Å². The van der Waals surface area contributed by atoms with E-state index in [1.165, 1.54) is 34.2 Å². The third kappa shape index (κ3) is 4.39. The van der Waals surface area contributed by atoms with Crippen molar-refractivity contribution in [3.05, 3.63) is 45.0 Å². The van der Waals surface area contributed by atoms with Gasteiger partial charge in [0.1, 0.15) is 5.01 Å². The number of nitro benzene ring substituents is 1. The lowest BCUT2D eigenvalue weighted by atomic mass is 10.1. The third-order valence-corrected chi connectivity index (χ3v) is 3.67. The van der Waals surface area contributed by atoms with Crippen molar-refractivity contribution in [2.24, 2.45) is 4.99 Å². The standard InChI is InChI=1S/C14H16N5O3S/c1-10-16-18(14(23-10)15-9-17(2)3)8-13(20)11-5-4-6-12(7-11)19(21)22/h4-7,9H,8H2,1-3H3/q+1. The second-order valence-corrected chi connectivity index (χ2v) is 6.16. The average Bonchev–Trinajstić information content (AvgIpc) is 2.85. The van der Waals surface area contributed by atoms with E-state index in [4.69, 9.17) is 0 Å². The van der Waals surface area contributed by atoms with Crippen LogP contribution in [0, 0.1) is 17.0 Å². The third-order valence-electron chi connectivity index (χ3n) is 2.79. The first-order valence-corrected chi connectivity index (χ1v) is 7.54. The second-order valence-electron chi connectivity index (χ2n) is 5.00. The predicted octanol–water partition coefficient (Wildman–Crippen LogP) is 1.75. The Balaban J connectivity index is 2.23. The Hall–Kier alpha value is -2.68. The molecule has 1 aromatic carbocycles. The highest BCUT2D eigenvalue weighted by atomic mass is 32.1. The lowest BCUT2D eigenvalue weighted by Crippen LogP contribution is -2.40. The number of nitrogens with zero attached hydrogens (tertiary/aromatic N) is 5. The molecule has 0 radical (unpaired) electrons. The summed E-state index contributed by atoms with van der Waals surface area (Å²) in [6, 6.07) is 5.67. The van der Waals surface area contributed by atoms with Gasteiger partial charge in [-0.05, 0) is 23.3 Å². The number of hydrogen-bond donors (Lipinski definition) is 0. The molecule has 0 atom stereocenters. The minimum atomic E-state index is -0.524. The summed E-state index contributed by atoms with van der Waals surface area (Å²) in [5.41, 5.74) is 0.168. The van der Waals surface area contributed by atoms with Crippen LogP contribution < -0.4 is 4.68 Å². The maximum Gasteiger partial charge on any atom is 0.406 e. The van der Waals surface area contributed by atoms with E-state index in [2.05, 4.69) is 10.1 Å². The number of aromatic nitrogens is 2. The van der Waals surface area contributed by atoms with Crippen molar-refractivity contribution >= 4 is 34.3 Å². The molecule has 2 rings (SSSR count). The van der Waals surface area contributed by atoms with Crippen LogP contribution in [0.15, 0.2) is 29.3 Å². The first kappa shape index (κ1) is 16.7. The van der Waals surface area contributed by atoms with Gasteiger partial charge in [0.2, 0.25) is 12.1 Å². The first-order valence-electron chi connectivity index (χ1n) is 6.72. The molecule has 23 heavy (non-hydrogen) atoms. The van der Waals surface area contributed by atoms with Gasteiger partial charge in [0, 0.05) is 31.8 Å². The molecular formula is C14H16N5O3S+. The van der Waals surface area contributed by atoms with E-state index >= 15 is 0 Å². The number of non-ortho nitro benzene ring substituents is 1. The summed E-state index contributed by atoms with van der Waals surface area (Å²) < 4.78 is 1.50.